The largest absolute Gasteiger partial charge is 0.493 e. The van der Waals surface area contributed by atoms with E-state index in [9.17, 15) is 14.4 Å². The van der Waals surface area contributed by atoms with Crippen LogP contribution < -0.4 is 20.3 Å². The summed E-state index contributed by atoms with van der Waals surface area (Å²) in [6.07, 6.45) is 1.73. The number of ketones is 1. The number of anilines is 1. The Balaban J connectivity index is 1.57. The second-order valence-electron chi connectivity index (χ2n) is 6.62. The van der Waals surface area contributed by atoms with E-state index in [1.165, 1.54) is 20.1 Å². The predicted octanol–water partition coefficient (Wildman–Crippen LogP) is 3.13. The summed E-state index contributed by atoms with van der Waals surface area (Å²) in [6.45, 7) is 1.70. The molecule has 0 atom stereocenters. The molecular formula is C23H22N2O5. The number of benzene rings is 2. The number of rotatable bonds is 8. The number of methoxy groups -OCH3 is 1. The first-order chi connectivity index (χ1) is 14.5. The first kappa shape index (κ1) is 20.9. The van der Waals surface area contributed by atoms with Crippen LogP contribution in [0.15, 0.2) is 71.7 Å². The quantitative estimate of drug-likeness (QED) is 0.581. The lowest BCUT2D eigenvalue weighted by molar-refractivity contribution is -0.118. The van der Waals surface area contributed by atoms with Crippen LogP contribution >= 0.6 is 0 Å². The zero-order valence-electron chi connectivity index (χ0n) is 16.8. The molecule has 3 aromatic rings. The van der Waals surface area contributed by atoms with Crippen molar-refractivity contribution >= 4 is 17.4 Å². The molecule has 7 nitrogen and oxygen atoms in total. The molecule has 0 aliphatic rings. The molecular weight excluding hydrogens is 384 g/mol. The van der Waals surface area contributed by atoms with Crippen molar-refractivity contribution in [3.05, 3.63) is 88.3 Å². The summed E-state index contributed by atoms with van der Waals surface area (Å²) in [5.74, 6) is 0.343. The standard InChI is InChI=1S/C23H22N2O5/c1-16(26)18-8-11-20(21(13-18)29-2)30-15-22(27)24-19-9-6-17(7-10-19)14-25-12-4-3-5-23(25)28/h3-13H,14-15H2,1-2H3,(H,24,27). The van der Waals surface area contributed by atoms with E-state index in [4.69, 9.17) is 9.47 Å². The molecule has 1 heterocycles. The van der Waals surface area contributed by atoms with Gasteiger partial charge in [0.15, 0.2) is 23.9 Å². The topological polar surface area (TPSA) is 86.6 Å². The van der Waals surface area contributed by atoms with Crippen LogP contribution in [0.4, 0.5) is 5.69 Å². The Bertz CT molecular complexity index is 1100. The molecule has 30 heavy (non-hydrogen) atoms. The van der Waals surface area contributed by atoms with Gasteiger partial charge in [-0.15, -0.1) is 0 Å². The maximum Gasteiger partial charge on any atom is 0.262 e. The van der Waals surface area contributed by atoms with Crippen molar-refractivity contribution in [1.82, 2.24) is 4.57 Å². The number of hydrogen-bond donors (Lipinski definition) is 1. The van der Waals surface area contributed by atoms with E-state index in [0.717, 1.165) is 5.56 Å². The normalized spacial score (nSPS) is 10.3. The number of aromatic nitrogens is 1. The Hall–Kier alpha value is -3.87. The molecule has 0 unspecified atom stereocenters. The molecule has 0 aliphatic carbocycles. The average Bonchev–Trinajstić information content (AvgIpc) is 2.75. The van der Waals surface area contributed by atoms with Crippen LogP contribution in [0.5, 0.6) is 11.5 Å². The Labute approximate surface area is 173 Å². The van der Waals surface area contributed by atoms with Crippen LogP contribution in [0, 0.1) is 0 Å². The van der Waals surface area contributed by atoms with Crippen molar-refractivity contribution in [2.24, 2.45) is 0 Å². The number of hydrogen-bond acceptors (Lipinski definition) is 5. The number of Topliss-reactive ketones (excluding diaryl/α,β-unsaturated/α-hetero) is 1. The van der Waals surface area contributed by atoms with Gasteiger partial charge in [0.2, 0.25) is 0 Å². The fraction of sp³-hybridized carbons (Fsp3) is 0.174. The van der Waals surface area contributed by atoms with Gasteiger partial charge in [-0.1, -0.05) is 18.2 Å². The highest BCUT2D eigenvalue weighted by Crippen LogP contribution is 2.28. The van der Waals surface area contributed by atoms with E-state index in [2.05, 4.69) is 5.32 Å². The highest BCUT2D eigenvalue weighted by Gasteiger charge is 2.11. The minimum atomic E-state index is -0.334. The highest BCUT2D eigenvalue weighted by molar-refractivity contribution is 5.95. The molecule has 0 spiro atoms. The fourth-order valence-electron chi connectivity index (χ4n) is 2.83. The number of carbonyl (C=O) groups is 2. The second-order valence-corrected chi connectivity index (χ2v) is 6.62. The molecule has 2 aromatic carbocycles. The summed E-state index contributed by atoms with van der Waals surface area (Å²) in [5, 5.41) is 2.75. The molecule has 3 rings (SSSR count). The SMILES string of the molecule is COc1cc(C(C)=O)ccc1OCC(=O)Nc1ccc(Cn2ccccc2=O)cc1. The summed E-state index contributed by atoms with van der Waals surface area (Å²) >= 11 is 0. The third-order valence-corrected chi connectivity index (χ3v) is 4.42. The number of nitrogens with one attached hydrogen (secondary N) is 1. The summed E-state index contributed by atoms with van der Waals surface area (Å²) in [6, 6.07) is 17.0. The van der Waals surface area contributed by atoms with E-state index >= 15 is 0 Å². The molecule has 1 N–H and O–H groups in total. The molecule has 1 amide bonds. The van der Waals surface area contributed by atoms with Gasteiger partial charge in [0.25, 0.3) is 11.5 Å². The van der Waals surface area contributed by atoms with Crippen LogP contribution in [0.1, 0.15) is 22.8 Å². The maximum absolute atomic E-state index is 12.2. The van der Waals surface area contributed by atoms with E-state index < -0.39 is 0 Å². The van der Waals surface area contributed by atoms with Gasteiger partial charge in [-0.25, -0.2) is 0 Å². The summed E-state index contributed by atoms with van der Waals surface area (Å²) in [5.41, 5.74) is 1.99. The smallest absolute Gasteiger partial charge is 0.262 e. The van der Waals surface area contributed by atoms with E-state index in [0.29, 0.717) is 29.3 Å². The van der Waals surface area contributed by atoms with Gasteiger partial charge in [-0.2, -0.15) is 0 Å². The van der Waals surface area contributed by atoms with Crippen LogP contribution in [-0.4, -0.2) is 30.0 Å². The molecule has 0 fully saturated rings. The Morgan fingerprint density at radius 3 is 2.43 bits per heavy atom. The number of ether oxygens (including phenoxy) is 2. The van der Waals surface area contributed by atoms with Gasteiger partial charge >= 0.3 is 0 Å². The molecule has 0 saturated carbocycles. The molecule has 154 valence electrons. The number of pyridine rings is 1. The van der Waals surface area contributed by atoms with E-state index in [-0.39, 0.29) is 23.9 Å². The Morgan fingerprint density at radius 2 is 1.77 bits per heavy atom. The Kier molecular flexibility index (Phi) is 6.64. The fourth-order valence-corrected chi connectivity index (χ4v) is 2.83. The van der Waals surface area contributed by atoms with Gasteiger partial charge in [0.05, 0.1) is 13.7 Å². The zero-order chi connectivity index (χ0) is 21.5. The van der Waals surface area contributed by atoms with E-state index in [1.807, 2.05) is 12.1 Å². The van der Waals surface area contributed by atoms with Crippen molar-refractivity contribution in [2.75, 3.05) is 19.0 Å². The van der Waals surface area contributed by atoms with Crippen LogP contribution in [0.25, 0.3) is 0 Å². The molecule has 0 aliphatic heterocycles. The maximum atomic E-state index is 12.2. The Morgan fingerprint density at radius 1 is 1.00 bits per heavy atom. The highest BCUT2D eigenvalue weighted by atomic mass is 16.5. The second kappa shape index (κ2) is 9.56. The summed E-state index contributed by atoms with van der Waals surface area (Å²) in [4.78, 5) is 35.5. The third kappa shape index (κ3) is 5.35. The minimum absolute atomic E-state index is 0.0706. The lowest BCUT2D eigenvalue weighted by Gasteiger charge is -2.12. The first-order valence-electron chi connectivity index (χ1n) is 9.32. The molecule has 7 heteroatoms. The number of nitrogens with zero attached hydrogens (tertiary/aromatic N) is 1. The first-order valence-corrected chi connectivity index (χ1v) is 9.32. The number of amides is 1. The van der Waals surface area contributed by atoms with Crippen molar-refractivity contribution in [2.45, 2.75) is 13.5 Å². The zero-order valence-corrected chi connectivity index (χ0v) is 16.8. The van der Waals surface area contributed by atoms with Gasteiger partial charge in [0, 0.05) is 23.5 Å². The van der Waals surface area contributed by atoms with Crippen molar-refractivity contribution in [3.8, 4) is 11.5 Å². The molecule has 0 saturated heterocycles. The lowest BCUT2D eigenvalue weighted by atomic mass is 10.1. The molecule has 0 bridgehead atoms. The summed E-state index contributed by atoms with van der Waals surface area (Å²) in [7, 11) is 1.47. The third-order valence-electron chi connectivity index (χ3n) is 4.42. The van der Waals surface area contributed by atoms with Crippen LogP contribution in [0.3, 0.4) is 0 Å². The van der Waals surface area contributed by atoms with Gasteiger partial charge < -0.3 is 19.4 Å². The monoisotopic (exact) mass is 406 g/mol. The number of carbonyl (C=O) groups excluding carboxylic acids is 2. The molecule has 1 aromatic heterocycles. The van der Waals surface area contributed by atoms with Gasteiger partial charge in [-0.05, 0) is 48.9 Å². The summed E-state index contributed by atoms with van der Waals surface area (Å²) < 4.78 is 12.4. The average molecular weight is 406 g/mol. The van der Waals surface area contributed by atoms with Crippen molar-refractivity contribution < 1.29 is 19.1 Å². The van der Waals surface area contributed by atoms with Gasteiger partial charge in [-0.3, -0.25) is 14.4 Å². The van der Waals surface area contributed by atoms with Crippen molar-refractivity contribution in [1.29, 1.82) is 0 Å². The van der Waals surface area contributed by atoms with Gasteiger partial charge in [0.1, 0.15) is 0 Å². The van der Waals surface area contributed by atoms with Crippen LogP contribution in [-0.2, 0) is 11.3 Å². The minimum Gasteiger partial charge on any atom is -0.493 e. The van der Waals surface area contributed by atoms with E-state index in [1.54, 1.807) is 53.2 Å². The predicted molar refractivity (Wildman–Crippen MR) is 113 cm³/mol. The molecule has 0 radical (unpaired) electrons. The van der Waals surface area contributed by atoms with Crippen LogP contribution in [0.2, 0.25) is 0 Å². The lowest BCUT2D eigenvalue weighted by Crippen LogP contribution is -2.20. The van der Waals surface area contributed by atoms with Crippen molar-refractivity contribution in [3.63, 3.8) is 0 Å².